The molecule has 2 heterocycles. The number of carbonyl (C=O) groups excluding carboxylic acids is 3. The van der Waals surface area contributed by atoms with E-state index < -0.39 is 12.0 Å². The Kier molecular flexibility index (Phi) is 9.14. The molecule has 3 amide bonds. The first-order chi connectivity index (χ1) is 18.8. The van der Waals surface area contributed by atoms with Crippen molar-refractivity contribution in [2.45, 2.75) is 32.9 Å². The Morgan fingerprint density at radius 3 is 2.41 bits per heavy atom. The van der Waals surface area contributed by atoms with Gasteiger partial charge in [-0.15, -0.1) is 0 Å². The fraction of sp³-hybridized carbons (Fsp3) is 0.414. The molecule has 1 N–H and O–H groups in total. The van der Waals surface area contributed by atoms with E-state index in [9.17, 15) is 14.4 Å². The first-order valence-corrected chi connectivity index (χ1v) is 13.6. The van der Waals surface area contributed by atoms with Crippen molar-refractivity contribution in [3.63, 3.8) is 0 Å². The molecule has 0 bridgehead atoms. The number of methoxy groups -OCH3 is 1. The van der Waals surface area contributed by atoms with Crippen LogP contribution >= 0.6 is 11.6 Å². The largest absolute Gasteiger partial charge is 0.497 e. The van der Waals surface area contributed by atoms with Gasteiger partial charge in [0.1, 0.15) is 5.75 Å². The average Bonchev–Trinajstić information content (AvgIpc) is 2.93. The van der Waals surface area contributed by atoms with E-state index in [0.717, 1.165) is 0 Å². The molecule has 2 aliphatic rings. The molecule has 2 aliphatic heterocycles. The number of benzene rings is 2. The molecule has 10 heteroatoms. The number of amides is 3. The second kappa shape index (κ2) is 12.5. The van der Waals surface area contributed by atoms with Crippen molar-refractivity contribution in [2.24, 2.45) is 0 Å². The number of halogens is 1. The van der Waals surface area contributed by atoms with E-state index in [-0.39, 0.29) is 24.6 Å². The molecule has 9 nitrogen and oxygen atoms in total. The van der Waals surface area contributed by atoms with E-state index in [4.69, 9.17) is 21.1 Å². The van der Waals surface area contributed by atoms with E-state index in [1.54, 1.807) is 61.4 Å². The molecule has 2 unspecified atom stereocenters. The first-order valence-electron chi connectivity index (χ1n) is 13.2. The number of urea groups is 1. The van der Waals surface area contributed by atoms with E-state index in [1.165, 1.54) is 0 Å². The molecule has 2 aromatic rings. The van der Waals surface area contributed by atoms with Crippen LogP contribution in [0.5, 0.6) is 5.75 Å². The van der Waals surface area contributed by atoms with Gasteiger partial charge in [0.15, 0.2) is 0 Å². The van der Waals surface area contributed by atoms with Crippen LogP contribution in [0.1, 0.15) is 42.7 Å². The molecule has 39 heavy (non-hydrogen) atoms. The SMILES string of the molecule is CCOC(=O)C1=C(CN2CCN(C(=O)c3ccc(OC)cc3)C(C)C2)N(CC)C(=O)NC1c1ccccc1Cl. The summed E-state index contributed by atoms with van der Waals surface area (Å²) in [5.41, 5.74) is 2.20. The van der Waals surface area contributed by atoms with Gasteiger partial charge in [0.2, 0.25) is 0 Å². The molecule has 0 spiro atoms. The Morgan fingerprint density at radius 2 is 1.79 bits per heavy atom. The number of hydrogen-bond acceptors (Lipinski definition) is 6. The van der Waals surface area contributed by atoms with Crippen LogP contribution in [0.25, 0.3) is 0 Å². The number of likely N-dealkylation sites (N-methyl/N-ethyl adjacent to an activating group) is 1. The van der Waals surface area contributed by atoms with E-state index in [1.807, 2.05) is 24.8 Å². The Balaban J connectivity index is 1.61. The lowest BCUT2D eigenvalue weighted by molar-refractivity contribution is -0.139. The summed E-state index contributed by atoms with van der Waals surface area (Å²) in [6, 6.07) is 13.1. The standard InChI is InChI=1S/C29H35ClN4O5/c1-5-33-24(25(28(36)39-6-2)26(31-29(33)37)22-9-7-8-10-23(22)30)18-32-15-16-34(19(3)17-32)27(35)20-11-13-21(38-4)14-12-20/h7-14,19,26H,5-6,15-18H2,1-4H3,(H,31,37). The van der Waals surface area contributed by atoms with Gasteiger partial charge in [-0.05, 0) is 56.7 Å². The van der Waals surface area contributed by atoms with Crippen molar-refractivity contribution >= 4 is 29.5 Å². The van der Waals surface area contributed by atoms with E-state index >= 15 is 0 Å². The summed E-state index contributed by atoms with van der Waals surface area (Å²) in [5, 5.41) is 3.40. The van der Waals surface area contributed by atoms with Crippen molar-refractivity contribution in [3.8, 4) is 5.75 Å². The monoisotopic (exact) mass is 554 g/mol. The van der Waals surface area contributed by atoms with Crippen LogP contribution in [0.4, 0.5) is 4.79 Å². The van der Waals surface area contributed by atoms with Gasteiger partial charge in [-0.3, -0.25) is 14.6 Å². The lowest BCUT2D eigenvalue weighted by Crippen LogP contribution is -2.56. The summed E-state index contributed by atoms with van der Waals surface area (Å²) < 4.78 is 10.7. The van der Waals surface area contributed by atoms with Crippen molar-refractivity contribution in [3.05, 3.63) is 76.0 Å². The highest BCUT2D eigenvalue weighted by Gasteiger charge is 2.40. The summed E-state index contributed by atoms with van der Waals surface area (Å²) in [4.78, 5) is 45.4. The fourth-order valence-corrected chi connectivity index (χ4v) is 5.43. The molecule has 2 aromatic carbocycles. The molecule has 4 rings (SSSR count). The number of nitrogens with zero attached hydrogens (tertiary/aromatic N) is 3. The highest BCUT2D eigenvalue weighted by molar-refractivity contribution is 6.31. The van der Waals surface area contributed by atoms with Crippen LogP contribution < -0.4 is 10.1 Å². The van der Waals surface area contributed by atoms with Crippen LogP contribution in [-0.2, 0) is 9.53 Å². The normalized spacial score (nSPS) is 20.1. The summed E-state index contributed by atoms with van der Waals surface area (Å²) in [5.74, 6) is 0.168. The molecular weight excluding hydrogens is 520 g/mol. The zero-order chi connectivity index (χ0) is 28.1. The molecule has 1 fully saturated rings. The van der Waals surface area contributed by atoms with Crippen molar-refractivity contribution in [1.29, 1.82) is 0 Å². The van der Waals surface area contributed by atoms with Gasteiger partial charge in [0.25, 0.3) is 5.91 Å². The zero-order valence-electron chi connectivity index (χ0n) is 22.8. The van der Waals surface area contributed by atoms with Gasteiger partial charge in [-0.1, -0.05) is 29.8 Å². The van der Waals surface area contributed by atoms with Gasteiger partial charge in [0.05, 0.1) is 25.3 Å². The van der Waals surface area contributed by atoms with Crippen molar-refractivity contribution < 1.29 is 23.9 Å². The van der Waals surface area contributed by atoms with Crippen molar-refractivity contribution in [1.82, 2.24) is 20.0 Å². The predicted molar refractivity (Wildman–Crippen MR) is 149 cm³/mol. The van der Waals surface area contributed by atoms with Crippen LogP contribution in [0.2, 0.25) is 5.02 Å². The minimum atomic E-state index is -0.738. The molecule has 1 saturated heterocycles. The number of ether oxygens (including phenoxy) is 2. The van der Waals surface area contributed by atoms with Crippen LogP contribution in [0, 0.1) is 0 Å². The van der Waals surface area contributed by atoms with Gasteiger partial charge in [-0.2, -0.15) is 0 Å². The Bertz CT molecular complexity index is 1250. The smallest absolute Gasteiger partial charge is 0.338 e. The Morgan fingerprint density at radius 1 is 1.08 bits per heavy atom. The summed E-state index contributed by atoms with van der Waals surface area (Å²) in [6.07, 6.45) is 0. The molecule has 0 saturated carbocycles. The Labute approximate surface area is 234 Å². The van der Waals surface area contributed by atoms with Crippen LogP contribution in [0.3, 0.4) is 0 Å². The minimum absolute atomic E-state index is 0.0396. The predicted octanol–water partition coefficient (Wildman–Crippen LogP) is 4.10. The van der Waals surface area contributed by atoms with Gasteiger partial charge < -0.3 is 19.7 Å². The van der Waals surface area contributed by atoms with Crippen LogP contribution in [-0.4, -0.2) is 85.1 Å². The summed E-state index contributed by atoms with van der Waals surface area (Å²) in [6.45, 7) is 8.24. The number of hydrogen-bond donors (Lipinski definition) is 1. The number of rotatable bonds is 8. The second-order valence-electron chi connectivity index (χ2n) is 9.54. The second-order valence-corrected chi connectivity index (χ2v) is 9.95. The minimum Gasteiger partial charge on any atom is -0.497 e. The average molecular weight is 555 g/mol. The molecular formula is C29H35ClN4O5. The van der Waals surface area contributed by atoms with Gasteiger partial charge >= 0.3 is 12.0 Å². The van der Waals surface area contributed by atoms with Crippen LogP contribution in [0.15, 0.2) is 59.8 Å². The first kappa shape index (κ1) is 28.4. The highest BCUT2D eigenvalue weighted by Crippen LogP contribution is 2.35. The molecule has 0 aliphatic carbocycles. The number of piperazine rings is 1. The molecule has 2 atom stereocenters. The maximum atomic E-state index is 13.3. The van der Waals surface area contributed by atoms with Gasteiger partial charge in [0, 0.05) is 55.0 Å². The molecule has 0 radical (unpaired) electrons. The van der Waals surface area contributed by atoms with Gasteiger partial charge in [-0.25, -0.2) is 9.59 Å². The molecule has 208 valence electrons. The number of esters is 1. The highest BCUT2D eigenvalue weighted by atomic mass is 35.5. The van der Waals surface area contributed by atoms with Crippen molar-refractivity contribution in [2.75, 3.05) is 46.4 Å². The topological polar surface area (TPSA) is 91.4 Å². The lowest BCUT2D eigenvalue weighted by atomic mass is 9.94. The zero-order valence-corrected chi connectivity index (χ0v) is 23.5. The quantitative estimate of drug-likeness (QED) is 0.494. The number of carbonyl (C=O) groups is 3. The maximum absolute atomic E-state index is 13.3. The lowest BCUT2D eigenvalue weighted by Gasteiger charge is -2.43. The Hall–Kier alpha value is -3.56. The fourth-order valence-electron chi connectivity index (χ4n) is 5.19. The third kappa shape index (κ3) is 6.04. The number of nitrogens with one attached hydrogen (secondary N) is 1. The third-order valence-corrected chi connectivity index (χ3v) is 7.49. The van der Waals surface area contributed by atoms with E-state index in [0.29, 0.717) is 65.9 Å². The third-order valence-electron chi connectivity index (χ3n) is 7.15. The van der Waals surface area contributed by atoms with E-state index in [2.05, 4.69) is 10.2 Å². The summed E-state index contributed by atoms with van der Waals surface area (Å²) in [7, 11) is 1.59. The molecule has 0 aromatic heterocycles. The maximum Gasteiger partial charge on any atom is 0.338 e. The summed E-state index contributed by atoms with van der Waals surface area (Å²) >= 11 is 6.50.